The summed E-state index contributed by atoms with van der Waals surface area (Å²) < 4.78 is 10.6. The molecule has 0 radical (unpaired) electrons. The Kier molecular flexibility index (Phi) is 8.58. The lowest BCUT2D eigenvalue weighted by Gasteiger charge is -2.39. The highest BCUT2D eigenvalue weighted by Gasteiger charge is 2.35. The number of nitrogens with one attached hydrogen (secondary N) is 2. The number of unbranched alkanes of at least 4 members (excludes halogenated alkanes) is 1. The number of anilines is 1. The minimum atomic E-state index is -0.310. The van der Waals surface area contributed by atoms with Crippen LogP contribution in [0.2, 0.25) is 0 Å². The third kappa shape index (κ3) is 6.18. The molecule has 2 atom stereocenters. The first-order valence-electron chi connectivity index (χ1n) is 11.6. The van der Waals surface area contributed by atoms with Crippen molar-refractivity contribution in [3.05, 3.63) is 53.6 Å². The molecule has 1 saturated heterocycles. The van der Waals surface area contributed by atoms with Gasteiger partial charge in [-0.05, 0) is 43.9 Å². The van der Waals surface area contributed by atoms with Crippen LogP contribution < -0.4 is 20.1 Å². The molecule has 2 aromatic carbocycles. The number of amides is 3. The molecule has 0 bridgehead atoms. The molecular weight excluding hydrogens is 418 g/mol. The van der Waals surface area contributed by atoms with Gasteiger partial charge in [-0.1, -0.05) is 43.2 Å². The number of aryl methyl sites for hydroxylation is 1. The van der Waals surface area contributed by atoms with E-state index in [1.54, 1.807) is 32.4 Å². The lowest BCUT2D eigenvalue weighted by atomic mass is 9.88. The van der Waals surface area contributed by atoms with E-state index in [2.05, 4.69) is 42.7 Å². The summed E-state index contributed by atoms with van der Waals surface area (Å²) in [5, 5.41) is 6.01. The Balaban J connectivity index is 1.76. The molecule has 2 unspecified atom stereocenters. The average molecular weight is 454 g/mol. The highest BCUT2D eigenvalue weighted by molar-refractivity contribution is 5.94. The molecule has 0 saturated carbocycles. The van der Waals surface area contributed by atoms with Crippen molar-refractivity contribution in [3.63, 3.8) is 0 Å². The predicted octanol–water partition coefficient (Wildman–Crippen LogP) is 4.91. The van der Waals surface area contributed by atoms with E-state index in [0.29, 0.717) is 36.7 Å². The summed E-state index contributed by atoms with van der Waals surface area (Å²) in [4.78, 5) is 28.1. The van der Waals surface area contributed by atoms with Crippen molar-refractivity contribution in [3.8, 4) is 11.5 Å². The summed E-state index contributed by atoms with van der Waals surface area (Å²) >= 11 is 0. The number of benzene rings is 2. The second-order valence-electron chi connectivity index (χ2n) is 8.50. The maximum Gasteiger partial charge on any atom is 0.317 e. The number of hydrogen-bond donors (Lipinski definition) is 2. The molecule has 1 fully saturated rings. The van der Waals surface area contributed by atoms with E-state index in [0.717, 1.165) is 30.4 Å². The number of methoxy groups -OCH3 is 2. The van der Waals surface area contributed by atoms with Crippen molar-refractivity contribution < 1.29 is 19.1 Å². The van der Waals surface area contributed by atoms with E-state index < -0.39 is 0 Å². The van der Waals surface area contributed by atoms with Gasteiger partial charge in [0.05, 0.1) is 31.9 Å². The number of urea groups is 1. The third-order valence-electron chi connectivity index (χ3n) is 6.11. The zero-order chi connectivity index (χ0) is 23.8. The molecule has 0 aliphatic carbocycles. The first kappa shape index (κ1) is 24.4. The largest absolute Gasteiger partial charge is 0.497 e. The highest BCUT2D eigenvalue weighted by Crippen LogP contribution is 2.35. The number of nitrogens with zero attached hydrogens (tertiary/aromatic N) is 1. The quantitative estimate of drug-likeness (QED) is 0.557. The molecule has 178 valence electrons. The normalized spacial score (nSPS) is 17.9. The van der Waals surface area contributed by atoms with E-state index in [4.69, 9.17) is 9.47 Å². The molecule has 0 spiro atoms. The van der Waals surface area contributed by atoms with Crippen LogP contribution in [-0.2, 0) is 4.79 Å². The molecule has 2 N–H and O–H groups in total. The number of carbonyl (C=O) groups is 2. The van der Waals surface area contributed by atoms with Crippen LogP contribution in [0.15, 0.2) is 42.5 Å². The van der Waals surface area contributed by atoms with Crippen LogP contribution in [-0.4, -0.2) is 44.1 Å². The van der Waals surface area contributed by atoms with Crippen LogP contribution in [0.5, 0.6) is 11.5 Å². The van der Waals surface area contributed by atoms with Gasteiger partial charge in [0.2, 0.25) is 5.91 Å². The van der Waals surface area contributed by atoms with Crippen molar-refractivity contribution in [1.29, 1.82) is 0 Å². The van der Waals surface area contributed by atoms with Crippen LogP contribution in [0.3, 0.4) is 0 Å². The van der Waals surface area contributed by atoms with Gasteiger partial charge in [-0.25, -0.2) is 4.79 Å². The van der Waals surface area contributed by atoms with Crippen molar-refractivity contribution in [1.82, 2.24) is 10.2 Å². The monoisotopic (exact) mass is 453 g/mol. The summed E-state index contributed by atoms with van der Waals surface area (Å²) in [5.41, 5.74) is 2.85. The van der Waals surface area contributed by atoms with E-state index in [-0.39, 0.29) is 23.9 Å². The van der Waals surface area contributed by atoms with E-state index >= 15 is 0 Å². The van der Waals surface area contributed by atoms with Gasteiger partial charge in [0, 0.05) is 19.2 Å². The Morgan fingerprint density at radius 1 is 1.09 bits per heavy atom. The molecule has 3 rings (SSSR count). The standard InChI is InChI=1S/C26H35N3O4/c1-5-6-14-27-26(31)29-17-20(10-13-23(29)19-9-7-8-18(2)15-19)25(30)28-22-12-11-21(32-3)16-24(22)33-4/h7-9,11-12,15-16,20,23H,5-6,10,13-14,17H2,1-4H3,(H,27,31)(H,28,30). The zero-order valence-electron chi connectivity index (χ0n) is 20.0. The second-order valence-corrected chi connectivity index (χ2v) is 8.50. The first-order chi connectivity index (χ1) is 16.0. The van der Waals surface area contributed by atoms with Crippen LogP contribution in [0.25, 0.3) is 0 Å². The number of carbonyl (C=O) groups excluding carboxylic acids is 2. The Morgan fingerprint density at radius 3 is 2.61 bits per heavy atom. The van der Waals surface area contributed by atoms with Crippen LogP contribution in [0, 0.1) is 12.8 Å². The summed E-state index contributed by atoms with van der Waals surface area (Å²) in [6, 6.07) is 13.4. The van der Waals surface area contributed by atoms with Crippen LogP contribution in [0.4, 0.5) is 10.5 Å². The Morgan fingerprint density at radius 2 is 1.91 bits per heavy atom. The van der Waals surface area contributed by atoms with Gasteiger partial charge in [-0.3, -0.25) is 4.79 Å². The molecular formula is C26H35N3O4. The van der Waals surface area contributed by atoms with Crippen molar-refractivity contribution in [2.24, 2.45) is 5.92 Å². The number of rotatable bonds is 8. The van der Waals surface area contributed by atoms with E-state index in [9.17, 15) is 9.59 Å². The molecule has 0 aromatic heterocycles. The van der Waals surface area contributed by atoms with Gasteiger partial charge in [0.15, 0.2) is 0 Å². The number of hydrogen-bond acceptors (Lipinski definition) is 4. The highest BCUT2D eigenvalue weighted by atomic mass is 16.5. The molecule has 1 aliphatic rings. The number of piperidine rings is 1. The Labute approximate surface area is 196 Å². The first-order valence-corrected chi connectivity index (χ1v) is 11.6. The van der Waals surface area contributed by atoms with Gasteiger partial charge < -0.3 is 25.0 Å². The molecule has 7 heteroatoms. The van der Waals surface area contributed by atoms with Crippen LogP contribution in [0.1, 0.15) is 49.8 Å². The molecule has 1 aliphatic heterocycles. The van der Waals surface area contributed by atoms with Crippen molar-refractivity contribution >= 4 is 17.6 Å². The molecule has 3 amide bonds. The van der Waals surface area contributed by atoms with Crippen molar-refractivity contribution in [2.75, 3.05) is 32.6 Å². The zero-order valence-corrected chi connectivity index (χ0v) is 20.0. The fourth-order valence-electron chi connectivity index (χ4n) is 4.24. The summed E-state index contributed by atoms with van der Waals surface area (Å²) in [6.07, 6.45) is 3.36. The number of likely N-dealkylation sites (tertiary alicyclic amines) is 1. The summed E-state index contributed by atoms with van der Waals surface area (Å²) in [6.45, 7) is 5.14. The SMILES string of the molecule is CCCCNC(=O)N1CC(C(=O)Nc2ccc(OC)cc2OC)CCC1c1cccc(C)c1. The molecule has 1 heterocycles. The fraction of sp³-hybridized carbons (Fsp3) is 0.462. The van der Waals surface area contributed by atoms with E-state index in [1.807, 2.05) is 11.0 Å². The van der Waals surface area contributed by atoms with E-state index in [1.165, 1.54) is 0 Å². The topological polar surface area (TPSA) is 79.9 Å². The van der Waals surface area contributed by atoms with Gasteiger partial charge in [-0.2, -0.15) is 0 Å². The van der Waals surface area contributed by atoms with Gasteiger partial charge in [0.1, 0.15) is 11.5 Å². The minimum absolute atomic E-state index is 0.0499. The average Bonchev–Trinajstić information content (AvgIpc) is 2.84. The maximum absolute atomic E-state index is 13.2. The van der Waals surface area contributed by atoms with Gasteiger partial charge in [0.25, 0.3) is 0 Å². The summed E-state index contributed by atoms with van der Waals surface area (Å²) in [5.74, 6) is 0.756. The maximum atomic E-state index is 13.2. The Bertz CT molecular complexity index is 962. The smallest absolute Gasteiger partial charge is 0.317 e. The van der Waals surface area contributed by atoms with Gasteiger partial charge in [-0.15, -0.1) is 0 Å². The Hall–Kier alpha value is -3.22. The minimum Gasteiger partial charge on any atom is -0.497 e. The molecule has 2 aromatic rings. The lowest BCUT2D eigenvalue weighted by molar-refractivity contribution is -0.121. The molecule has 7 nitrogen and oxygen atoms in total. The van der Waals surface area contributed by atoms with Crippen molar-refractivity contribution in [2.45, 2.75) is 45.6 Å². The predicted molar refractivity (Wildman–Crippen MR) is 130 cm³/mol. The fourth-order valence-corrected chi connectivity index (χ4v) is 4.24. The second kappa shape index (κ2) is 11.6. The summed E-state index contributed by atoms with van der Waals surface area (Å²) in [7, 11) is 3.14. The molecule has 33 heavy (non-hydrogen) atoms. The van der Waals surface area contributed by atoms with Gasteiger partial charge >= 0.3 is 6.03 Å². The van der Waals surface area contributed by atoms with Crippen LogP contribution >= 0.6 is 0 Å². The third-order valence-corrected chi connectivity index (χ3v) is 6.11. The lowest BCUT2D eigenvalue weighted by Crippen LogP contribution is -2.49. The number of ether oxygens (including phenoxy) is 2.